The van der Waals surface area contributed by atoms with Gasteiger partial charge < -0.3 is 10.3 Å². The Morgan fingerprint density at radius 1 is 1.23 bits per heavy atom. The van der Waals surface area contributed by atoms with Gasteiger partial charge in [0.2, 0.25) is 5.91 Å². The molecular weight excluding hydrogens is 440 g/mol. The standard InChI is InChI=1S/C20H19ClN6O3S/c1-10-13(9-11-5-3-4-6-12(11)21)31-19(22-10)25-15(28)8-7-14-23-16-17(24-14)27(2)20(30)26-18(16)29/h3-6H,7-9H2,1-2H3,(H,23,24)(H,22,25,28)(H,26,29,30). The van der Waals surface area contributed by atoms with E-state index in [0.29, 0.717) is 22.4 Å². The average Bonchev–Trinajstić information content (AvgIpc) is 3.30. The van der Waals surface area contributed by atoms with E-state index in [1.165, 1.54) is 23.0 Å². The monoisotopic (exact) mass is 458 g/mol. The fourth-order valence-electron chi connectivity index (χ4n) is 3.14. The number of rotatable bonds is 6. The van der Waals surface area contributed by atoms with Crippen LogP contribution in [0.25, 0.3) is 11.2 Å². The van der Waals surface area contributed by atoms with Gasteiger partial charge in [0.05, 0.1) is 5.69 Å². The molecule has 0 atom stereocenters. The second-order valence-corrected chi connectivity index (χ2v) is 8.54. The molecule has 3 aromatic heterocycles. The van der Waals surface area contributed by atoms with E-state index < -0.39 is 11.2 Å². The molecule has 0 saturated heterocycles. The van der Waals surface area contributed by atoms with E-state index in [9.17, 15) is 14.4 Å². The number of anilines is 1. The first kappa shape index (κ1) is 21.0. The Bertz CT molecular complexity index is 1400. The Morgan fingerprint density at radius 2 is 2.00 bits per heavy atom. The minimum absolute atomic E-state index is 0.143. The lowest BCUT2D eigenvalue weighted by atomic mass is 10.1. The second kappa shape index (κ2) is 8.48. The van der Waals surface area contributed by atoms with E-state index in [-0.39, 0.29) is 29.9 Å². The molecule has 160 valence electrons. The summed E-state index contributed by atoms with van der Waals surface area (Å²) >= 11 is 7.65. The second-order valence-electron chi connectivity index (χ2n) is 7.04. The summed E-state index contributed by atoms with van der Waals surface area (Å²) in [4.78, 5) is 50.8. The molecule has 11 heteroatoms. The van der Waals surface area contributed by atoms with E-state index in [1.807, 2.05) is 31.2 Å². The minimum Gasteiger partial charge on any atom is -0.336 e. The zero-order valence-corrected chi connectivity index (χ0v) is 18.4. The van der Waals surface area contributed by atoms with Crippen LogP contribution in [0.1, 0.15) is 28.4 Å². The van der Waals surface area contributed by atoms with Gasteiger partial charge in [0, 0.05) is 36.2 Å². The van der Waals surface area contributed by atoms with Crippen molar-refractivity contribution in [3.63, 3.8) is 0 Å². The van der Waals surface area contributed by atoms with Crippen LogP contribution >= 0.6 is 22.9 Å². The number of aromatic nitrogens is 5. The number of amides is 1. The van der Waals surface area contributed by atoms with E-state index >= 15 is 0 Å². The number of carbonyl (C=O) groups is 1. The number of imidazole rings is 1. The molecule has 3 heterocycles. The van der Waals surface area contributed by atoms with Crippen molar-refractivity contribution in [3.8, 4) is 0 Å². The Balaban J connectivity index is 1.42. The molecule has 0 aliphatic heterocycles. The lowest BCUT2D eigenvalue weighted by Crippen LogP contribution is -2.28. The number of carbonyl (C=O) groups excluding carboxylic acids is 1. The molecule has 0 fully saturated rings. The number of H-pyrrole nitrogens is 2. The summed E-state index contributed by atoms with van der Waals surface area (Å²) in [6, 6.07) is 7.63. The Kier molecular flexibility index (Phi) is 5.75. The zero-order chi connectivity index (χ0) is 22.1. The molecular formula is C20H19ClN6O3S. The van der Waals surface area contributed by atoms with Gasteiger partial charge >= 0.3 is 5.69 Å². The van der Waals surface area contributed by atoms with Crippen LogP contribution in [0.15, 0.2) is 33.9 Å². The van der Waals surface area contributed by atoms with Crippen molar-refractivity contribution in [3.05, 3.63) is 72.1 Å². The number of benzene rings is 1. The molecule has 0 spiro atoms. The third-order valence-corrected chi connectivity index (χ3v) is 6.28. The van der Waals surface area contributed by atoms with E-state index in [2.05, 4.69) is 25.3 Å². The topological polar surface area (TPSA) is 126 Å². The summed E-state index contributed by atoms with van der Waals surface area (Å²) in [6.07, 6.45) is 1.07. The van der Waals surface area contributed by atoms with Crippen LogP contribution in [-0.4, -0.2) is 30.4 Å². The van der Waals surface area contributed by atoms with Crippen LogP contribution < -0.4 is 16.6 Å². The highest BCUT2D eigenvalue weighted by Gasteiger charge is 2.14. The summed E-state index contributed by atoms with van der Waals surface area (Å²) in [6.45, 7) is 1.90. The number of hydrogen-bond donors (Lipinski definition) is 3. The molecule has 1 amide bonds. The van der Waals surface area contributed by atoms with E-state index in [0.717, 1.165) is 16.1 Å². The highest BCUT2D eigenvalue weighted by molar-refractivity contribution is 7.15. The number of thiazole rings is 1. The predicted molar refractivity (Wildman–Crippen MR) is 120 cm³/mol. The summed E-state index contributed by atoms with van der Waals surface area (Å²) in [7, 11) is 1.52. The van der Waals surface area contributed by atoms with Crippen LogP contribution in [0.3, 0.4) is 0 Å². The fraction of sp³-hybridized carbons (Fsp3) is 0.250. The van der Waals surface area contributed by atoms with Crippen molar-refractivity contribution in [2.24, 2.45) is 7.05 Å². The smallest absolute Gasteiger partial charge is 0.329 e. The van der Waals surface area contributed by atoms with Gasteiger partial charge in [-0.15, -0.1) is 11.3 Å². The molecule has 0 bridgehead atoms. The first-order valence-corrected chi connectivity index (χ1v) is 10.7. The SMILES string of the molecule is Cc1nc(NC(=O)CCc2nc3c([nH]2)c(=O)[nH]c(=O)n3C)sc1Cc1ccccc1Cl. The summed E-state index contributed by atoms with van der Waals surface area (Å²) in [5.74, 6) is 0.230. The van der Waals surface area contributed by atoms with Crippen molar-refractivity contribution in [1.29, 1.82) is 0 Å². The molecule has 1 aromatic carbocycles. The predicted octanol–water partition coefficient (Wildman–Crippen LogP) is 2.53. The third-order valence-electron chi connectivity index (χ3n) is 4.84. The van der Waals surface area contributed by atoms with Crippen LogP contribution in [0, 0.1) is 6.92 Å². The third kappa shape index (κ3) is 4.44. The lowest BCUT2D eigenvalue weighted by Gasteiger charge is -2.02. The normalized spacial score (nSPS) is 11.2. The van der Waals surface area contributed by atoms with E-state index in [1.54, 1.807) is 0 Å². The van der Waals surface area contributed by atoms with Crippen LogP contribution in [0.5, 0.6) is 0 Å². The van der Waals surface area contributed by atoms with Crippen molar-refractivity contribution >= 4 is 45.1 Å². The summed E-state index contributed by atoms with van der Waals surface area (Å²) in [5.41, 5.74) is 1.23. The first-order chi connectivity index (χ1) is 14.8. The average molecular weight is 459 g/mol. The molecule has 0 saturated carbocycles. The van der Waals surface area contributed by atoms with Crippen LogP contribution in [0.2, 0.25) is 5.02 Å². The summed E-state index contributed by atoms with van der Waals surface area (Å²) in [5, 5.41) is 4.03. The molecule has 4 aromatic rings. The van der Waals surface area contributed by atoms with Crippen LogP contribution in [-0.2, 0) is 24.7 Å². The van der Waals surface area contributed by atoms with Gasteiger partial charge in [0.15, 0.2) is 10.8 Å². The molecule has 31 heavy (non-hydrogen) atoms. The quantitative estimate of drug-likeness (QED) is 0.409. The highest BCUT2D eigenvalue weighted by Crippen LogP contribution is 2.27. The molecule has 3 N–H and O–H groups in total. The van der Waals surface area contributed by atoms with Crippen LogP contribution in [0.4, 0.5) is 5.13 Å². The van der Waals surface area contributed by atoms with Crippen molar-refractivity contribution in [2.75, 3.05) is 5.32 Å². The largest absolute Gasteiger partial charge is 0.336 e. The van der Waals surface area contributed by atoms with Crippen molar-refractivity contribution in [1.82, 2.24) is 24.5 Å². The van der Waals surface area contributed by atoms with Gasteiger partial charge in [-0.05, 0) is 18.6 Å². The Hall–Kier alpha value is -3.24. The maximum Gasteiger partial charge on any atom is 0.329 e. The maximum absolute atomic E-state index is 12.4. The lowest BCUT2D eigenvalue weighted by molar-refractivity contribution is -0.116. The summed E-state index contributed by atoms with van der Waals surface area (Å²) < 4.78 is 1.25. The Morgan fingerprint density at radius 3 is 2.77 bits per heavy atom. The molecule has 0 aliphatic rings. The molecule has 0 radical (unpaired) electrons. The number of hydrogen-bond acceptors (Lipinski definition) is 6. The minimum atomic E-state index is -0.542. The van der Waals surface area contributed by atoms with Crippen molar-refractivity contribution in [2.45, 2.75) is 26.2 Å². The van der Waals surface area contributed by atoms with Crippen molar-refractivity contribution < 1.29 is 4.79 Å². The zero-order valence-electron chi connectivity index (χ0n) is 16.8. The molecule has 4 rings (SSSR count). The fourth-order valence-corrected chi connectivity index (χ4v) is 4.35. The van der Waals surface area contributed by atoms with Gasteiger partial charge in [-0.3, -0.25) is 19.1 Å². The number of nitrogens with one attached hydrogen (secondary N) is 3. The van der Waals surface area contributed by atoms with E-state index in [4.69, 9.17) is 11.6 Å². The molecule has 0 unspecified atom stereocenters. The molecule has 0 aliphatic carbocycles. The van der Waals surface area contributed by atoms with Gasteiger partial charge in [-0.1, -0.05) is 29.8 Å². The van der Waals surface area contributed by atoms with Gasteiger partial charge in [0.1, 0.15) is 11.3 Å². The molecule has 9 nitrogen and oxygen atoms in total. The van der Waals surface area contributed by atoms with Gasteiger partial charge in [0.25, 0.3) is 5.56 Å². The number of fused-ring (bicyclic) bond motifs is 1. The first-order valence-electron chi connectivity index (χ1n) is 9.49. The number of aryl methyl sites for hydroxylation is 3. The number of nitrogens with zero attached hydrogens (tertiary/aromatic N) is 3. The van der Waals surface area contributed by atoms with Gasteiger partial charge in [-0.2, -0.15) is 0 Å². The van der Waals surface area contributed by atoms with Gasteiger partial charge in [-0.25, -0.2) is 14.8 Å². The number of aromatic amines is 2. The maximum atomic E-state index is 12.4. The Labute approximate surface area is 185 Å². The highest BCUT2D eigenvalue weighted by atomic mass is 35.5. The number of halogens is 1.